The Morgan fingerprint density at radius 3 is 2.21 bits per heavy atom. The largest absolute Gasteiger partial charge is 0.452 e. The van der Waals surface area contributed by atoms with Gasteiger partial charge in [-0.05, 0) is 29.8 Å². The molecule has 12 heteroatoms. The Bertz CT molecular complexity index is 1020. The van der Waals surface area contributed by atoms with Gasteiger partial charge in [0, 0.05) is 23.9 Å². The number of nitro groups is 2. The van der Waals surface area contributed by atoms with Crippen LogP contribution in [0.3, 0.4) is 0 Å². The van der Waals surface area contributed by atoms with E-state index >= 15 is 0 Å². The zero-order valence-electron chi connectivity index (χ0n) is 14.3. The van der Waals surface area contributed by atoms with Gasteiger partial charge in [-0.2, -0.15) is 0 Å². The van der Waals surface area contributed by atoms with Crippen molar-refractivity contribution < 1.29 is 24.2 Å². The summed E-state index contributed by atoms with van der Waals surface area (Å²) in [5, 5.41) is 23.8. The van der Waals surface area contributed by atoms with E-state index in [1.807, 2.05) is 0 Å². The molecule has 0 spiro atoms. The maximum Gasteiger partial charge on any atom is 0.331 e. The second kappa shape index (κ2) is 9.62. The highest BCUT2D eigenvalue weighted by atomic mass is 35.5. The molecule has 0 heterocycles. The zero-order chi connectivity index (χ0) is 21.6. The second-order valence-corrected chi connectivity index (χ2v) is 6.19. The maximum absolute atomic E-state index is 11.8. The Kier molecular flexibility index (Phi) is 7.23. The van der Waals surface area contributed by atoms with Crippen molar-refractivity contribution in [2.24, 2.45) is 0 Å². The lowest BCUT2D eigenvalue weighted by Gasteiger charge is -2.06. The number of amides is 1. The van der Waals surface area contributed by atoms with Crippen LogP contribution in [0.5, 0.6) is 0 Å². The van der Waals surface area contributed by atoms with Crippen LogP contribution >= 0.6 is 23.2 Å². The fraction of sp³-hybridized carbons (Fsp3) is 0.0588. The van der Waals surface area contributed by atoms with E-state index in [1.165, 1.54) is 36.4 Å². The number of benzene rings is 2. The molecule has 2 rings (SSSR count). The second-order valence-electron chi connectivity index (χ2n) is 5.38. The van der Waals surface area contributed by atoms with Crippen LogP contribution in [0.25, 0.3) is 6.08 Å². The summed E-state index contributed by atoms with van der Waals surface area (Å²) in [7, 11) is 0. The quantitative estimate of drug-likeness (QED) is 0.297. The van der Waals surface area contributed by atoms with E-state index in [-0.39, 0.29) is 27.1 Å². The summed E-state index contributed by atoms with van der Waals surface area (Å²) < 4.78 is 4.74. The lowest BCUT2D eigenvalue weighted by atomic mass is 10.2. The minimum absolute atomic E-state index is 0.0474. The minimum Gasteiger partial charge on any atom is -0.452 e. The lowest BCUT2D eigenvalue weighted by molar-refractivity contribution is -0.384. The molecule has 0 saturated carbocycles. The van der Waals surface area contributed by atoms with Crippen molar-refractivity contribution in [2.75, 3.05) is 11.9 Å². The Labute approximate surface area is 173 Å². The van der Waals surface area contributed by atoms with E-state index in [4.69, 9.17) is 27.9 Å². The van der Waals surface area contributed by atoms with Gasteiger partial charge in [-0.15, -0.1) is 0 Å². The average molecular weight is 440 g/mol. The van der Waals surface area contributed by atoms with Crippen LogP contribution in [-0.4, -0.2) is 28.3 Å². The molecule has 1 N–H and O–H groups in total. The molecule has 29 heavy (non-hydrogen) atoms. The smallest absolute Gasteiger partial charge is 0.331 e. The Balaban J connectivity index is 1.92. The molecular formula is C17H11Cl2N3O7. The molecule has 0 aromatic heterocycles. The number of rotatable bonds is 7. The third kappa shape index (κ3) is 6.26. The summed E-state index contributed by atoms with van der Waals surface area (Å²) in [6.45, 7) is -0.652. The van der Waals surface area contributed by atoms with Gasteiger partial charge in [0.25, 0.3) is 17.3 Å². The van der Waals surface area contributed by atoms with E-state index < -0.39 is 28.3 Å². The van der Waals surface area contributed by atoms with Crippen molar-refractivity contribution >= 4 is 58.2 Å². The number of hydrogen-bond acceptors (Lipinski definition) is 7. The fourth-order valence-electron chi connectivity index (χ4n) is 2.05. The Morgan fingerprint density at radius 2 is 1.59 bits per heavy atom. The molecule has 0 aliphatic rings. The molecule has 0 unspecified atom stereocenters. The molecule has 2 aromatic carbocycles. The molecule has 0 fully saturated rings. The number of nitro benzene ring substituents is 2. The van der Waals surface area contributed by atoms with Crippen LogP contribution in [0, 0.1) is 20.2 Å². The SMILES string of the molecule is O=C(COC(=O)/C=C/c1ccc(Cl)c([N+](=O)[O-])c1)Nc1ccc(Cl)c([N+](=O)[O-])c1. The van der Waals surface area contributed by atoms with Crippen molar-refractivity contribution in [2.45, 2.75) is 0 Å². The summed E-state index contributed by atoms with van der Waals surface area (Å²) in [6.07, 6.45) is 2.24. The van der Waals surface area contributed by atoms with Crippen LogP contribution < -0.4 is 5.32 Å². The third-order valence-corrected chi connectivity index (χ3v) is 3.99. The van der Waals surface area contributed by atoms with Crippen molar-refractivity contribution in [3.63, 3.8) is 0 Å². The molecule has 0 radical (unpaired) electrons. The number of ether oxygens (including phenoxy) is 1. The van der Waals surface area contributed by atoms with Crippen LogP contribution in [-0.2, 0) is 14.3 Å². The van der Waals surface area contributed by atoms with Crippen LogP contribution in [0.2, 0.25) is 10.0 Å². The summed E-state index contributed by atoms with van der Waals surface area (Å²) >= 11 is 11.4. The highest BCUT2D eigenvalue weighted by Gasteiger charge is 2.15. The maximum atomic E-state index is 11.8. The van der Waals surface area contributed by atoms with Gasteiger partial charge in [-0.3, -0.25) is 25.0 Å². The van der Waals surface area contributed by atoms with Crippen LogP contribution in [0.1, 0.15) is 5.56 Å². The number of nitrogens with zero attached hydrogens (tertiary/aromatic N) is 2. The summed E-state index contributed by atoms with van der Waals surface area (Å²) in [5.74, 6) is -1.61. The summed E-state index contributed by atoms with van der Waals surface area (Å²) in [6, 6.07) is 7.60. The van der Waals surface area contributed by atoms with Gasteiger partial charge in [-0.1, -0.05) is 29.3 Å². The minimum atomic E-state index is -0.875. The number of esters is 1. The number of nitrogens with one attached hydrogen (secondary N) is 1. The number of anilines is 1. The van der Waals surface area contributed by atoms with Gasteiger partial charge in [0.1, 0.15) is 10.0 Å². The Hall–Kier alpha value is -3.50. The molecule has 1 amide bonds. The molecule has 2 aromatic rings. The monoisotopic (exact) mass is 439 g/mol. The molecular weight excluding hydrogens is 429 g/mol. The van der Waals surface area contributed by atoms with E-state index in [9.17, 15) is 29.8 Å². The van der Waals surface area contributed by atoms with Crippen molar-refractivity contribution in [1.29, 1.82) is 0 Å². The first-order chi connectivity index (χ1) is 13.7. The van der Waals surface area contributed by atoms with Gasteiger partial charge in [0.05, 0.1) is 9.85 Å². The fourth-order valence-corrected chi connectivity index (χ4v) is 2.42. The molecule has 0 saturated heterocycles. The topological polar surface area (TPSA) is 142 Å². The van der Waals surface area contributed by atoms with Gasteiger partial charge < -0.3 is 10.1 Å². The van der Waals surface area contributed by atoms with Crippen LogP contribution in [0.4, 0.5) is 17.1 Å². The van der Waals surface area contributed by atoms with Gasteiger partial charge in [0.15, 0.2) is 6.61 Å². The lowest BCUT2D eigenvalue weighted by Crippen LogP contribution is -2.20. The number of carbonyl (C=O) groups is 2. The van der Waals surface area contributed by atoms with Gasteiger partial charge in [0.2, 0.25) is 0 Å². The predicted octanol–water partition coefficient (Wildman–Crippen LogP) is 4.00. The van der Waals surface area contributed by atoms with Gasteiger partial charge >= 0.3 is 5.97 Å². The van der Waals surface area contributed by atoms with E-state index in [1.54, 1.807) is 0 Å². The Morgan fingerprint density at radius 1 is 1.00 bits per heavy atom. The van der Waals surface area contributed by atoms with E-state index in [0.717, 1.165) is 12.1 Å². The zero-order valence-corrected chi connectivity index (χ0v) is 15.8. The summed E-state index contributed by atoms with van der Waals surface area (Å²) in [4.78, 5) is 43.8. The van der Waals surface area contributed by atoms with Crippen molar-refractivity contribution in [1.82, 2.24) is 0 Å². The molecule has 0 aliphatic heterocycles. The first kappa shape index (κ1) is 21.8. The van der Waals surface area contributed by atoms with Gasteiger partial charge in [-0.25, -0.2) is 4.79 Å². The third-order valence-electron chi connectivity index (χ3n) is 3.35. The first-order valence-corrected chi connectivity index (χ1v) is 8.45. The first-order valence-electron chi connectivity index (χ1n) is 7.70. The molecule has 10 nitrogen and oxygen atoms in total. The average Bonchev–Trinajstić information content (AvgIpc) is 2.66. The summed E-state index contributed by atoms with van der Waals surface area (Å²) in [5.41, 5.74) is -0.276. The molecule has 0 atom stereocenters. The van der Waals surface area contributed by atoms with Crippen LogP contribution in [0.15, 0.2) is 42.5 Å². The van der Waals surface area contributed by atoms with E-state index in [2.05, 4.69) is 5.32 Å². The number of carbonyl (C=O) groups excluding carboxylic acids is 2. The molecule has 0 aliphatic carbocycles. The molecule has 150 valence electrons. The number of hydrogen-bond donors (Lipinski definition) is 1. The van der Waals surface area contributed by atoms with Crippen molar-refractivity contribution in [3.8, 4) is 0 Å². The highest BCUT2D eigenvalue weighted by molar-refractivity contribution is 6.33. The van der Waals surface area contributed by atoms with Crippen molar-refractivity contribution in [3.05, 3.63) is 78.3 Å². The standard InChI is InChI=1S/C17H11Cl2N3O7/c18-12-4-1-10(7-14(12)21(25)26)2-6-17(24)29-9-16(23)20-11-3-5-13(19)15(8-11)22(27)28/h1-8H,9H2,(H,20,23)/b6-2+. The predicted molar refractivity (Wildman–Crippen MR) is 105 cm³/mol. The number of halogens is 2. The molecule has 0 bridgehead atoms. The normalized spacial score (nSPS) is 10.6. The highest BCUT2D eigenvalue weighted by Crippen LogP contribution is 2.27. The van der Waals surface area contributed by atoms with E-state index in [0.29, 0.717) is 5.56 Å².